The van der Waals surface area contributed by atoms with Crippen LogP contribution in [0.2, 0.25) is 0 Å². The third-order valence-corrected chi connectivity index (χ3v) is 7.63. The molecule has 5 rings (SSSR count). The molecule has 9 nitrogen and oxygen atoms in total. The average molecular weight is 506 g/mol. The molecule has 4 aromatic rings. The SMILES string of the molecule is COc1ccc2c(c1)c(OCC(=O)c1ccc3c(c1)CCC(=O)N3)nn2S(=O)(=O)c1ccc(C)cc1. The summed E-state index contributed by atoms with van der Waals surface area (Å²) in [5, 5.41) is 7.41. The smallest absolute Gasteiger partial charge is 0.283 e. The fourth-order valence-electron chi connectivity index (χ4n) is 4.04. The largest absolute Gasteiger partial charge is 0.497 e. The van der Waals surface area contributed by atoms with Gasteiger partial charge in [-0.1, -0.05) is 17.7 Å². The van der Waals surface area contributed by atoms with Gasteiger partial charge in [-0.05, 0) is 67.4 Å². The summed E-state index contributed by atoms with van der Waals surface area (Å²) in [6.07, 6.45) is 0.913. The minimum absolute atomic E-state index is 0.00170. The highest BCUT2D eigenvalue weighted by Gasteiger charge is 2.25. The Labute approximate surface area is 207 Å². The molecule has 1 aliphatic rings. The first-order valence-electron chi connectivity index (χ1n) is 11.2. The first-order chi connectivity index (χ1) is 17.3. The van der Waals surface area contributed by atoms with E-state index in [9.17, 15) is 18.0 Å². The molecule has 1 aromatic heterocycles. The van der Waals surface area contributed by atoms with Crippen LogP contribution in [-0.2, 0) is 21.2 Å². The maximum atomic E-state index is 13.4. The van der Waals surface area contributed by atoms with E-state index in [2.05, 4.69) is 10.4 Å². The number of aryl methyl sites for hydroxylation is 2. The van der Waals surface area contributed by atoms with Crippen LogP contribution in [0.25, 0.3) is 10.9 Å². The lowest BCUT2D eigenvalue weighted by Crippen LogP contribution is -2.20. The number of ketones is 1. The summed E-state index contributed by atoms with van der Waals surface area (Å²) in [6.45, 7) is 1.52. The summed E-state index contributed by atoms with van der Waals surface area (Å²) < 4.78 is 38.7. The van der Waals surface area contributed by atoms with E-state index in [1.807, 2.05) is 6.92 Å². The number of aromatic nitrogens is 2. The third kappa shape index (κ3) is 4.31. The van der Waals surface area contributed by atoms with Gasteiger partial charge in [-0.3, -0.25) is 9.59 Å². The number of nitrogens with one attached hydrogen (secondary N) is 1. The molecule has 3 aromatic carbocycles. The Kier molecular flexibility index (Phi) is 5.97. The number of carbonyl (C=O) groups is 2. The maximum Gasteiger partial charge on any atom is 0.283 e. The van der Waals surface area contributed by atoms with Gasteiger partial charge in [0.25, 0.3) is 10.0 Å². The lowest BCUT2D eigenvalue weighted by Gasteiger charge is -2.17. The lowest BCUT2D eigenvalue weighted by atomic mass is 9.99. The van der Waals surface area contributed by atoms with E-state index < -0.39 is 10.0 Å². The quantitative estimate of drug-likeness (QED) is 0.380. The van der Waals surface area contributed by atoms with Crippen molar-refractivity contribution >= 4 is 38.3 Å². The van der Waals surface area contributed by atoms with Crippen molar-refractivity contribution in [1.29, 1.82) is 0 Å². The van der Waals surface area contributed by atoms with Crippen LogP contribution in [0.5, 0.6) is 11.6 Å². The second-order valence-corrected chi connectivity index (χ2v) is 10.2. The molecule has 10 heteroatoms. The van der Waals surface area contributed by atoms with Crippen molar-refractivity contribution in [3.8, 4) is 11.6 Å². The van der Waals surface area contributed by atoms with Gasteiger partial charge in [-0.2, -0.15) is 8.42 Å². The number of Topliss-reactive ketones (excluding diaryl/α,β-unsaturated/α-hetero) is 1. The Morgan fingerprint density at radius 1 is 1.06 bits per heavy atom. The van der Waals surface area contributed by atoms with Crippen molar-refractivity contribution in [2.24, 2.45) is 0 Å². The molecular weight excluding hydrogens is 482 g/mol. The van der Waals surface area contributed by atoms with E-state index >= 15 is 0 Å². The fraction of sp³-hybridized carbons (Fsp3) is 0.192. The van der Waals surface area contributed by atoms with Crippen molar-refractivity contribution in [3.05, 3.63) is 77.4 Å². The number of rotatable bonds is 7. The molecule has 184 valence electrons. The van der Waals surface area contributed by atoms with Gasteiger partial charge in [-0.15, -0.1) is 9.19 Å². The number of carbonyl (C=O) groups excluding carboxylic acids is 2. The molecule has 1 aliphatic heterocycles. The molecule has 0 saturated carbocycles. The summed E-state index contributed by atoms with van der Waals surface area (Å²) in [5.41, 5.74) is 3.23. The summed E-state index contributed by atoms with van der Waals surface area (Å²) in [6, 6.07) is 16.3. The van der Waals surface area contributed by atoms with E-state index in [0.29, 0.717) is 40.7 Å². The van der Waals surface area contributed by atoms with Crippen LogP contribution in [-0.4, -0.2) is 43.0 Å². The minimum Gasteiger partial charge on any atom is -0.497 e. The number of hydrogen-bond acceptors (Lipinski definition) is 7. The zero-order valence-electron chi connectivity index (χ0n) is 19.6. The van der Waals surface area contributed by atoms with Crippen LogP contribution < -0.4 is 14.8 Å². The van der Waals surface area contributed by atoms with Crippen molar-refractivity contribution in [2.45, 2.75) is 24.7 Å². The molecule has 0 fully saturated rings. The Morgan fingerprint density at radius 2 is 1.83 bits per heavy atom. The number of anilines is 1. The van der Waals surface area contributed by atoms with E-state index in [1.54, 1.807) is 48.5 Å². The third-order valence-electron chi connectivity index (χ3n) is 6.03. The van der Waals surface area contributed by atoms with Gasteiger partial charge in [0, 0.05) is 17.7 Å². The lowest BCUT2D eigenvalue weighted by molar-refractivity contribution is -0.116. The summed E-state index contributed by atoms with van der Waals surface area (Å²) >= 11 is 0. The first-order valence-corrected chi connectivity index (χ1v) is 12.7. The molecule has 0 aliphatic carbocycles. The number of amides is 1. The summed E-state index contributed by atoms with van der Waals surface area (Å²) in [7, 11) is -2.52. The molecule has 0 bridgehead atoms. The zero-order valence-corrected chi connectivity index (χ0v) is 20.5. The number of nitrogens with zero attached hydrogens (tertiary/aromatic N) is 2. The highest BCUT2D eigenvalue weighted by molar-refractivity contribution is 7.90. The van der Waals surface area contributed by atoms with Crippen molar-refractivity contribution in [3.63, 3.8) is 0 Å². The average Bonchev–Trinajstić information content (AvgIpc) is 3.25. The van der Waals surface area contributed by atoms with Crippen LogP contribution in [0.15, 0.2) is 65.6 Å². The zero-order chi connectivity index (χ0) is 25.4. The Hall–Kier alpha value is -4.18. The van der Waals surface area contributed by atoms with Gasteiger partial charge in [0.15, 0.2) is 12.4 Å². The van der Waals surface area contributed by atoms with Gasteiger partial charge in [-0.25, -0.2) is 0 Å². The van der Waals surface area contributed by atoms with Crippen molar-refractivity contribution in [1.82, 2.24) is 9.19 Å². The van der Waals surface area contributed by atoms with Crippen LogP contribution >= 0.6 is 0 Å². The van der Waals surface area contributed by atoms with Gasteiger partial charge in [0.05, 0.1) is 22.9 Å². The molecule has 36 heavy (non-hydrogen) atoms. The van der Waals surface area contributed by atoms with Crippen molar-refractivity contribution < 1.29 is 27.5 Å². The van der Waals surface area contributed by atoms with Gasteiger partial charge < -0.3 is 14.8 Å². The second kappa shape index (κ2) is 9.12. The monoisotopic (exact) mass is 505 g/mol. The number of hydrogen-bond donors (Lipinski definition) is 1. The molecule has 0 radical (unpaired) electrons. The normalized spacial score (nSPS) is 13.2. The standard InChI is InChI=1S/C26H23N3O6S/c1-16-3-8-20(9-4-16)36(32,33)29-23-11-7-19(34-2)14-21(23)26(28-29)35-15-24(30)18-5-10-22-17(13-18)6-12-25(31)27-22/h3-5,7-11,13-14H,6,12,15H2,1-2H3,(H,27,31). The van der Waals surface area contributed by atoms with E-state index in [-0.39, 0.29) is 29.1 Å². The topological polar surface area (TPSA) is 117 Å². The Bertz CT molecular complexity index is 1610. The molecule has 0 unspecified atom stereocenters. The predicted octanol–water partition coefficient (Wildman–Crippen LogP) is 3.74. The highest BCUT2D eigenvalue weighted by atomic mass is 32.2. The second-order valence-electron chi connectivity index (χ2n) is 8.48. The van der Waals surface area contributed by atoms with E-state index in [1.165, 1.54) is 19.2 Å². The molecule has 0 spiro atoms. The summed E-state index contributed by atoms with van der Waals surface area (Å²) in [5.74, 6) is 0.130. The van der Waals surface area contributed by atoms with Crippen LogP contribution in [0.1, 0.15) is 27.9 Å². The van der Waals surface area contributed by atoms with Crippen LogP contribution in [0, 0.1) is 6.92 Å². The minimum atomic E-state index is -4.02. The molecule has 2 heterocycles. The number of fused-ring (bicyclic) bond motifs is 2. The number of benzene rings is 3. The predicted molar refractivity (Wildman–Crippen MR) is 133 cm³/mol. The first kappa shape index (κ1) is 23.6. The van der Waals surface area contributed by atoms with E-state index in [0.717, 1.165) is 15.2 Å². The number of methoxy groups -OCH3 is 1. The summed E-state index contributed by atoms with van der Waals surface area (Å²) in [4.78, 5) is 24.6. The molecule has 0 atom stereocenters. The molecule has 1 amide bonds. The van der Waals surface area contributed by atoms with Crippen LogP contribution in [0.4, 0.5) is 5.69 Å². The van der Waals surface area contributed by atoms with Gasteiger partial charge in [0.1, 0.15) is 5.75 Å². The number of ether oxygens (including phenoxy) is 2. The molecule has 0 saturated heterocycles. The molecule has 1 N–H and O–H groups in total. The van der Waals surface area contributed by atoms with E-state index in [4.69, 9.17) is 9.47 Å². The van der Waals surface area contributed by atoms with Gasteiger partial charge >= 0.3 is 0 Å². The van der Waals surface area contributed by atoms with Crippen molar-refractivity contribution in [2.75, 3.05) is 19.0 Å². The highest BCUT2D eigenvalue weighted by Crippen LogP contribution is 2.32. The Morgan fingerprint density at radius 3 is 2.58 bits per heavy atom. The fourth-order valence-corrected chi connectivity index (χ4v) is 5.32. The Balaban J connectivity index is 1.47. The van der Waals surface area contributed by atoms with Gasteiger partial charge in [0.2, 0.25) is 11.8 Å². The van der Waals surface area contributed by atoms with Crippen LogP contribution in [0.3, 0.4) is 0 Å². The molecular formula is C26H23N3O6S. The maximum absolute atomic E-state index is 13.4.